The van der Waals surface area contributed by atoms with E-state index >= 15 is 0 Å². The predicted octanol–water partition coefficient (Wildman–Crippen LogP) is 0.0477. The van der Waals surface area contributed by atoms with Crippen molar-refractivity contribution >= 4 is 17.8 Å². The van der Waals surface area contributed by atoms with Gasteiger partial charge in [-0.2, -0.15) is 0 Å². The second kappa shape index (κ2) is 5.76. The molecule has 0 fully saturated rings. The molecule has 0 saturated heterocycles. The van der Waals surface area contributed by atoms with Crippen molar-refractivity contribution < 1.29 is 24.6 Å². The normalized spacial score (nSPS) is 11.6. The van der Waals surface area contributed by atoms with Gasteiger partial charge in [-0.3, -0.25) is 14.6 Å². The molecule has 0 bridgehead atoms. The maximum atomic E-state index is 11.7. The van der Waals surface area contributed by atoms with Gasteiger partial charge in [-0.15, -0.1) is 0 Å². The number of amides is 1. The Bertz CT molecular complexity index is 486. The van der Waals surface area contributed by atoms with E-state index in [0.717, 1.165) is 5.56 Å². The zero-order chi connectivity index (χ0) is 13.7. The highest BCUT2D eigenvalue weighted by atomic mass is 16.4. The Morgan fingerprint density at radius 3 is 2.50 bits per heavy atom. The molecule has 1 aromatic rings. The van der Waals surface area contributed by atoms with E-state index in [1.807, 2.05) is 0 Å². The molecule has 1 amide bonds. The molecule has 96 valence electrons. The minimum atomic E-state index is -1.46. The monoisotopic (exact) mass is 252 g/mol. The molecule has 3 N–H and O–H groups in total. The fraction of sp³-hybridized carbons (Fsp3) is 0.273. The van der Waals surface area contributed by atoms with Crippen LogP contribution in [-0.2, 0) is 9.59 Å². The van der Waals surface area contributed by atoms with Crippen molar-refractivity contribution in [3.05, 3.63) is 29.6 Å². The van der Waals surface area contributed by atoms with Gasteiger partial charge < -0.3 is 15.5 Å². The van der Waals surface area contributed by atoms with E-state index in [2.05, 4.69) is 10.3 Å². The number of carboxylic acid groups (broad SMARTS) is 2. The van der Waals surface area contributed by atoms with Crippen LogP contribution < -0.4 is 5.32 Å². The molecule has 0 aromatic carbocycles. The van der Waals surface area contributed by atoms with Gasteiger partial charge in [0.1, 0.15) is 6.04 Å². The molecule has 18 heavy (non-hydrogen) atoms. The van der Waals surface area contributed by atoms with Crippen LogP contribution in [0.4, 0.5) is 0 Å². The number of nitrogens with one attached hydrogen (secondary N) is 1. The number of aliphatic carboxylic acids is 2. The van der Waals surface area contributed by atoms with Crippen molar-refractivity contribution in [3.63, 3.8) is 0 Å². The first-order chi connectivity index (χ1) is 8.40. The third-order valence-corrected chi connectivity index (χ3v) is 2.12. The maximum absolute atomic E-state index is 11.7. The molecular formula is C11H12N2O5. The highest BCUT2D eigenvalue weighted by molar-refractivity contribution is 5.97. The van der Waals surface area contributed by atoms with Crippen molar-refractivity contribution in [2.24, 2.45) is 0 Å². The molecule has 0 aliphatic rings. The number of hydrogen-bond donors (Lipinski definition) is 3. The molecule has 0 unspecified atom stereocenters. The van der Waals surface area contributed by atoms with Crippen molar-refractivity contribution in [2.45, 2.75) is 19.4 Å². The average Bonchev–Trinajstić information content (AvgIpc) is 2.27. The zero-order valence-corrected chi connectivity index (χ0v) is 9.58. The van der Waals surface area contributed by atoms with Crippen molar-refractivity contribution in [3.8, 4) is 0 Å². The zero-order valence-electron chi connectivity index (χ0n) is 9.58. The number of carboxylic acids is 2. The third-order valence-electron chi connectivity index (χ3n) is 2.12. The number of pyridine rings is 1. The van der Waals surface area contributed by atoms with Gasteiger partial charge in [-0.25, -0.2) is 4.79 Å². The first kappa shape index (κ1) is 13.6. The Morgan fingerprint density at radius 2 is 2.00 bits per heavy atom. The molecule has 1 aromatic heterocycles. The standard InChI is InChI=1S/C11H12N2O5/c1-6-2-7(5-12-4-6)10(16)13-8(11(17)18)3-9(14)15/h2,4-5,8H,3H2,1H3,(H,13,16)(H,14,15)(H,17,18)/t8-/m1/s1. The average molecular weight is 252 g/mol. The molecule has 0 aliphatic carbocycles. The van der Waals surface area contributed by atoms with E-state index in [4.69, 9.17) is 10.2 Å². The van der Waals surface area contributed by atoms with Gasteiger partial charge in [0.25, 0.3) is 5.91 Å². The Hall–Kier alpha value is -2.44. The molecule has 0 spiro atoms. The molecule has 7 heteroatoms. The van der Waals surface area contributed by atoms with Crippen LogP contribution in [0.2, 0.25) is 0 Å². The lowest BCUT2D eigenvalue weighted by Crippen LogP contribution is -2.42. The van der Waals surface area contributed by atoms with Crippen molar-refractivity contribution in [1.29, 1.82) is 0 Å². The van der Waals surface area contributed by atoms with Gasteiger partial charge in [0.2, 0.25) is 0 Å². The number of rotatable bonds is 5. The van der Waals surface area contributed by atoms with Crippen molar-refractivity contribution in [1.82, 2.24) is 10.3 Å². The molecule has 1 heterocycles. The van der Waals surface area contributed by atoms with Gasteiger partial charge in [0.15, 0.2) is 0 Å². The third kappa shape index (κ3) is 3.85. The summed E-state index contributed by atoms with van der Waals surface area (Å²) in [6.07, 6.45) is 2.14. The van der Waals surface area contributed by atoms with Crippen LogP contribution in [0.15, 0.2) is 18.5 Å². The lowest BCUT2D eigenvalue weighted by molar-refractivity contribution is -0.145. The van der Waals surface area contributed by atoms with Crippen LogP contribution in [0, 0.1) is 6.92 Å². The van der Waals surface area contributed by atoms with Gasteiger partial charge >= 0.3 is 11.9 Å². The maximum Gasteiger partial charge on any atom is 0.326 e. The van der Waals surface area contributed by atoms with E-state index in [0.29, 0.717) is 0 Å². The lowest BCUT2D eigenvalue weighted by atomic mass is 10.1. The summed E-state index contributed by atoms with van der Waals surface area (Å²) in [5, 5.41) is 19.4. The Labute approximate surface area is 102 Å². The number of aromatic nitrogens is 1. The first-order valence-electron chi connectivity index (χ1n) is 5.07. The molecular weight excluding hydrogens is 240 g/mol. The van der Waals surface area contributed by atoms with Crippen LogP contribution >= 0.6 is 0 Å². The summed E-state index contributed by atoms with van der Waals surface area (Å²) in [5.74, 6) is -3.36. The van der Waals surface area contributed by atoms with Gasteiger partial charge in [-0.1, -0.05) is 0 Å². The SMILES string of the molecule is Cc1cncc(C(=O)N[C@H](CC(=O)O)C(=O)O)c1. The summed E-state index contributed by atoms with van der Waals surface area (Å²) in [4.78, 5) is 36.7. The van der Waals surface area contributed by atoms with Crippen LogP contribution in [0.5, 0.6) is 0 Å². The van der Waals surface area contributed by atoms with Crippen LogP contribution in [-0.4, -0.2) is 39.1 Å². The minimum absolute atomic E-state index is 0.187. The minimum Gasteiger partial charge on any atom is -0.481 e. The smallest absolute Gasteiger partial charge is 0.326 e. The molecule has 0 radical (unpaired) electrons. The number of aryl methyl sites for hydroxylation is 1. The van der Waals surface area contributed by atoms with E-state index in [1.165, 1.54) is 12.3 Å². The summed E-state index contributed by atoms with van der Waals surface area (Å²) in [6.45, 7) is 1.73. The van der Waals surface area contributed by atoms with E-state index < -0.39 is 30.3 Å². The first-order valence-corrected chi connectivity index (χ1v) is 5.07. The van der Waals surface area contributed by atoms with E-state index in [-0.39, 0.29) is 5.56 Å². The van der Waals surface area contributed by atoms with Crippen LogP contribution in [0.25, 0.3) is 0 Å². The van der Waals surface area contributed by atoms with Gasteiger partial charge in [0.05, 0.1) is 12.0 Å². The molecule has 0 aliphatic heterocycles. The summed E-state index contributed by atoms with van der Waals surface area (Å²) in [6, 6.07) is 0.0673. The largest absolute Gasteiger partial charge is 0.481 e. The number of carbonyl (C=O) groups excluding carboxylic acids is 1. The van der Waals surface area contributed by atoms with Crippen molar-refractivity contribution in [2.75, 3.05) is 0 Å². The molecule has 7 nitrogen and oxygen atoms in total. The fourth-order valence-corrected chi connectivity index (χ4v) is 1.30. The summed E-state index contributed by atoms with van der Waals surface area (Å²) in [5.41, 5.74) is 0.930. The number of hydrogen-bond acceptors (Lipinski definition) is 4. The summed E-state index contributed by atoms with van der Waals surface area (Å²) < 4.78 is 0. The molecule has 1 rings (SSSR count). The van der Waals surface area contributed by atoms with Crippen LogP contribution in [0.1, 0.15) is 22.3 Å². The summed E-state index contributed by atoms with van der Waals surface area (Å²) in [7, 11) is 0. The predicted molar refractivity (Wildman–Crippen MR) is 60.1 cm³/mol. The Kier molecular flexibility index (Phi) is 4.36. The highest BCUT2D eigenvalue weighted by Crippen LogP contribution is 2.02. The summed E-state index contributed by atoms with van der Waals surface area (Å²) >= 11 is 0. The number of carbonyl (C=O) groups is 3. The topological polar surface area (TPSA) is 117 Å². The Balaban J connectivity index is 2.78. The molecule has 1 atom stereocenters. The van der Waals surface area contributed by atoms with Crippen LogP contribution in [0.3, 0.4) is 0 Å². The quantitative estimate of drug-likeness (QED) is 0.681. The molecule has 0 saturated carbocycles. The second-order valence-electron chi connectivity index (χ2n) is 3.71. The van der Waals surface area contributed by atoms with E-state index in [9.17, 15) is 14.4 Å². The second-order valence-corrected chi connectivity index (χ2v) is 3.71. The van der Waals surface area contributed by atoms with Gasteiger partial charge in [0, 0.05) is 12.4 Å². The lowest BCUT2D eigenvalue weighted by Gasteiger charge is -2.12. The number of nitrogens with zero attached hydrogens (tertiary/aromatic N) is 1. The van der Waals surface area contributed by atoms with Gasteiger partial charge in [-0.05, 0) is 18.6 Å². The Morgan fingerprint density at radius 1 is 1.33 bits per heavy atom. The fourth-order valence-electron chi connectivity index (χ4n) is 1.30. The van der Waals surface area contributed by atoms with E-state index in [1.54, 1.807) is 13.1 Å². The highest BCUT2D eigenvalue weighted by Gasteiger charge is 2.23.